The summed E-state index contributed by atoms with van der Waals surface area (Å²) in [7, 11) is 0. The first kappa shape index (κ1) is 17.9. The van der Waals surface area contributed by atoms with E-state index in [9.17, 15) is 5.11 Å². The Balaban J connectivity index is 1.69. The van der Waals surface area contributed by atoms with E-state index < -0.39 is 0 Å². The van der Waals surface area contributed by atoms with E-state index in [0.717, 1.165) is 48.3 Å². The van der Waals surface area contributed by atoms with Gasteiger partial charge < -0.3 is 10.4 Å². The van der Waals surface area contributed by atoms with Crippen LogP contribution in [-0.4, -0.2) is 32.2 Å². The molecule has 3 aromatic rings. The van der Waals surface area contributed by atoms with Crippen LogP contribution < -0.4 is 5.32 Å². The zero-order valence-electron chi connectivity index (χ0n) is 14.8. The zero-order chi connectivity index (χ0) is 18.6. The van der Waals surface area contributed by atoms with Crippen LogP contribution in [0.15, 0.2) is 54.9 Å². The van der Waals surface area contributed by atoms with E-state index in [1.807, 2.05) is 42.5 Å². The van der Waals surface area contributed by atoms with Crippen molar-refractivity contribution in [3.8, 4) is 22.6 Å². The maximum Gasteiger partial charge on any atom is 0.163 e. The molecule has 0 bridgehead atoms. The highest BCUT2D eigenvalue weighted by molar-refractivity contribution is 6.30. The quantitative estimate of drug-likeness (QED) is 0.693. The van der Waals surface area contributed by atoms with E-state index in [1.54, 1.807) is 12.4 Å². The highest BCUT2D eigenvalue weighted by Gasteiger charge is 2.20. The molecule has 1 aromatic carbocycles. The molecule has 4 rings (SSSR count). The summed E-state index contributed by atoms with van der Waals surface area (Å²) < 4.78 is 0. The minimum absolute atomic E-state index is 0.177. The molecular formula is C21H21ClN4O. The van der Waals surface area contributed by atoms with Gasteiger partial charge in [-0.05, 0) is 49.9 Å². The van der Waals surface area contributed by atoms with Crippen molar-refractivity contribution in [3.05, 3.63) is 59.9 Å². The van der Waals surface area contributed by atoms with Crippen molar-refractivity contribution >= 4 is 17.4 Å². The summed E-state index contributed by atoms with van der Waals surface area (Å²) in [5, 5.41) is 13.9. The molecule has 2 N–H and O–H groups in total. The van der Waals surface area contributed by atoms with Gasteiger partial charge in [-0.25, -0.2) is 9.97 Å². The predicted molar refractivity (Wildman–Crippen MR) is 108 cm³/mol. The standard InChI is InChI=1S/C21H21ClN4O/c22-16-5-3-14(4-6-16)19-12-20(24-17-7-9-18(27)10-8-17)26-21(25-19)15-2-1-11-23-13-15/h1-6,11-13,17-18,27H,7-10H2,(H,24,25,26). The van der Waals surface area contributed by atoms with Crippen LogP contribution in [0.1, 0.15) is 25.7 Å². The molecule has 0 unspecified atom stereocenters. The molecule has 1 fully saturated rings. The number of hydrogen-bond acceptors (Lipinski definition) is 5. The van der Waals surface area contributed by atoms with Crippen molar-refractivity contribution < 1.29 is 5.11 Å². The fourth-order valence-corrected chi connectivity index (χ4v) is 3.47. The lowest BCUT2D eigenvalue weighted by Gasteiger charge is -2.26. The first-order chi connectivity index (χ1) is 13.2. The van der Waals surface area contributed by atoms with Gasteiger partial charge in [0, 0.05) is 40.7 Å². The minimum Gasteiger partial charge on any atom is -0.393 e. The monoisotopic (exact) mass is 380 g/mol. The lowest BCUT2D eigenvalue weighted by Crippen LogP contribution is -2.28. The summed E-state index contributed by atoms with van der Waals surface area (Å²) in [6.07, 6.45) is 6.84. The third-order valence-electron chi connectivity index (χ3n) is 4.83. The average molecular weight is 381 g/mol. The second-order valence-corrected chi connectivity index (χ2v) is 7.30. The lowest BCUT2D eigenvalue weighted by atomic mass is 9.93. The number of benzene rings is 1. The second kappa shape index (κ2) is 8.03. The Hall–Kier alpha value is -2.50. The lowest BCUT2D eigenvalue weighted by molar-refractivity contribution is 0.126. The number of pyridine rings is 1. The van der Waals surface area contributed by atoms with E-state index in [2.05, 4.69) is 10.3 Å². The van der Waals surface area contributed by atoms with Gasteiger partial charge in [-0.3, -0.25) is 4.98 Å². The summed E-state index contributed by atoms with van der Waals surface area (Å²) in [6, 6.07) is 13.7. The van der Waals surface area contributed by atoms with Crippen molar-refractivity contribution in [2.24, 2.45) is 0 Å². The molecular weight excluding hydrogens is 360 g/mol. The van der Waals surface area contributed by atoms with E-state index in [1.165, 1.54) is 0 Å². The van der Waals surface area contributed by atoms with Gasteiger partial charge >= 0.3 is 0 Å². The highest BCUT2D eigenvalue weighted by atomic mass is 35.5. The van der Waals surface area contributed by atoms with Gasteiger partial charge in [0.05, 0.1) is 11.8 Å². The van der Waals surface area contributed by atoms with Crippen LogP contribution >= 0.6 is 11.6 Å². The largest absolute Gasteiger partial charge is 0.393 e. The van der Waals surface area contributed by atoms with Crippen molar-refractivity contribution in [3.63, 3.8) is 0 Å². The molecule has 2 heterocycles. The Labute approximate surface area is 163 Å². The van der Waals surface area contributed by atoms with Gasteiger partial charge in [0.25, 0.3) is 0 Å². The maximum absolute atomic E-state index is 9.73. The Bertz CT molecular complexity index is 894. The Morgan fingerprint density at radius 3 is 2.44 bits per heavy atom. The smallest absolute Gasteiger partial charge is 0.163 e. The van der Waals surface area contributed by atoms with Gasteiger partial charge in [0.1, 0.15) is 5.82 Å². The molecule has 0 radical (unpaired) electrons. The van der Waals surface area contributed by atoms with Crippen molar-refractivity contribution in [1.29, 1.82) is 0 Å². The first-order valence-electron chi connectivity index (χ1n) is 9.17. The molecule has 0 amide bonds. The second-order valence-electron chi connectivity index (χ2n) is 6.86. The molecule has 5 nitrogen and oxygen atoms in total. The molecule has 0 atom stereocenters. The van der Waals surface area contributed by atoms with E-state index in [-0.39, 0.29) is 6.10 Å². The number of rotatable bonds is 4. The average Bonchev–Trinajstić information content (AvgIpc) is 2.71. The van der Waals surface area contributed by atoms with Crippen LogP contribution in [0.4, 0.5) is 5.82 Å². The fraction of sp³-hybridized carbons (Fsp3) is 0.286. The van der Waals surface area contributed by atoms with Gasteiger partial charge in [0.2, 0.25) is 0 Å². The number of aromatic nitrogens is 3. The van der Waals surface area contributed by atoms with Gasteiger partial charge in [-0.15, -0.1) is 0 Å². The number of halogens is 1. The van der Waals surface area contributed by atoms with Gasteiger partial charge in [-0.2, -0.15) is 0 Å². The minimum atomic E-state index is -0.177. The van der Waals surface area contributed by atoms with E-state index in [0.29, 0.717) is 16.9 Å². The highest BCUT2D eigenvalue weighted by Crippen LogP contribution is 2.27. The van der Waals surface area contributed by atoms with Gasteiger partial charge in [-0.1, -0.05) is 23.7 Å². The summed E-state index contributed by atoms with van der Waals surface area (Å²) in [6.45, 7) is 0. The summed E-state index contributed by atoms with van der Waals surface area (Å²) in [5.41, 5.74) is 2.68. The maximum atomic E-state index is 9.73. The molecule has 0 spiro atoms. The number of aliphatic hydroxyl groups is 1. The van der Waals surface area contributed by atoms with Crippen LogP contribution in [0.3, 0.4) is 0 Å². The topological polar surface area (TPSA) is 70.9 Å². The van der Waals surface area contributed by atoms with Crippen molar-refractivity contribution in [2.75, 3.05) is 5.32 Å². The fourth-order valence-electron chi connectivity index (χ4n) is 3.34. The SMILES string of the molecule is OC1CCC(Nc2cc(-c3ccc(Cl)cc3)nc(-c3cccnc3)n2)CC1. The number of aliphatic hydroxyl groups excluding tert-OH is 1. The Kier molecular flexibility index (Phi) is 5.32. The number of nitrogens with zero attached hydrogens (tertiary/aromatic N) is 3. The zero-order valence-corrected chi connectivity index (χ0v) is 15.6. The Morgan fingerprint density at radius 2 is 1.74 bits per heavy atom. The Morgan fingerprint density at radius 1 is 0.963 bits per heavy atom. The molecule has 6 heteroatoms. The number of nitrogens with one attached hydrogen (secondary N) is 1. The van der Waals surface area contributed by atoms with Gasteiger partial charge in [0.15, 0.2) is 5.82 Å². The molecule has 27 heavy (non-hydrogen) atoms. The van der Waals surface area contributed by atoms with Crippen LogP contribution in [0.5, 0.6) is 0 Å². The predicted octanol–water partition coefficient (Wildman–Crippen LogP) is 4.57. The molecule has 0 saturated heterocycles. The first-order valence-corrected chi connectivity index (χ1v) is 9.55. The third kappa shape index (κ3) is 4.43. The van der Waals surface area contributed by atoms with Crippen molar-refractivity contribution in [1.82, 2.24) is 15.0 Å². The number of anilines is 1. The summed E-state index contributed by atoms with van der Waals surface area (Å²) in [4.78, 5) is 13.6. The molecule has 138 valence electrons. The molecule has 0 aliphatic heterocycles. The summed E-state index contributed by atoms with van der Waals surface area (Å²) >= 11 is 6.02. The van der Waals surface area contributed by atoms with Crippen LogP contribution in [0.25, 0.3) is 22.6 Å². The normalized spacial score (nSPS) is 19.6. The van der Waals surface area contributed by atoms with E-state index in [4.69, 9.17) is 21.6 Å². The molecule has 1 saturated carbocycles. The van der Waals surface area contributed by atoms with Crippen LogP contribution in [0.2, 0.25) is 5.02 Å². The molecule has 1 aliphatic carbocycles. The summed E-state index contributed by atoms with van der Waals surface area (Å²) in [5.74, 6) is 1.42. The van der Waals surface area contributed by atoms with E-state index >= 15 is 0 Å². The third-order valence-corrected chi connectivity index (χ3v) is 5.09. The molecule has 2 aromatic heterocycles. The van der Waals surface area contributed by atoms with Crippen LogP contribution in [-0.2, 0) is 0 Å². The molecule has 1 aliphatic rings. The van der Waals surface area contributed by atoms with Crippen LogP contribution in [0, 0.1) is 0 Å². The van der Waals surface area contributed by atoms with Crippen molar-refractivity contribution in [2.45, 2.75) is 37.8 Å². The number of hydrogen-bond donors (Lipinski definition) is 2.